The zero-order valence-electron chi connectivity index (χ0n) is 8.64. The van der Waals surface area contributed by atoms with Gasteiger partial charge in [-0.05, 0) is 18.2 Å². The highest BCUT2D eigenvalue weighted by atomic mass is 16.6. The molecule has 0 radical (unpaired) electrons. The Morgan fingerprint density at radius 3 is 3.13 bits per heavy atom. The van der Waals surface area contributed by atoms with Gasteiger partial charge in [-0.15, -0.1) is 0 Å². The number of hydrogen-bond acceptors (Lipinski definition) is 2. The summed E-state index contributed by atoms with van der Waals surface area (Å²) in [5, 5.41) is 1.17. The topological polar surface area (TPSA) is 26.7 Å². The van der Waals surface area contributed by atoms with Gasteiger partial charge in [0.25, 0.3) is 0 Å². The lowest BCUT2D eigenvalue weighted by Gasteiger charge is -2.05. The van der Waals surface area contributed by atoms with Crippen molar-refractivity contribution in [3.8, 4) is 5.75 Å². The van der Waals surface area contributed by atoms with E-state index < -0.39 is 0 Å². The number of aryl methyl sites for hydroxylation is 1. The van der Waals surface area contributed by atoms with Crippen LogP contribution in [0.4, 0.5) is 0 Å². The zero-order chi connectivity index (χ0) is 10.3. The van der Waals surface area contributed by atoms with Crippen LogP contribution in [0.3, 0.4) is 0 Å². The van der Waals surface area contributed by atoms with Crippen molar-refractivity contribution < 1.29 is 9.47 Å². The van der Waals surface area contributed by atoms with Gasteiger partial charge in [0.05, 0.1) is 12.1 Å². The number of ether oxygens (including phenoxy) is 2. The van der Waals surface area contributed by atoms with Gasteiger partial charge in [0.1, 0.15) is 18.5 Å². The van der Waals surface area contributed by atoms with Crippen molar-refractivity contribution in [2.45, 2.75) is 6.10 Å². The molecule has 1 aliphatic rings. The van der Waals surface area contributed by atoms with Gasteiger partial charge in [0.15, 0.2) is 0 Å². The zero-order valence-corrected chi connectivity index (χ0v) is 8.64. The third kappa shape index (κ3) is 1.59. The van der Waals surface area contributed by atoms with E-state index in [2.05, 4.69) is 16.7 Å². The molecule has 0 aliphatic carbocycles. The van der Waals surface area contributed by atoms with E-state index in [1.54, 1.807) is 0 Å². The monoisotopic (exact) mass is 203 g/mol. The second-order valence-corrected chi connectivity index (χ2v) is 3.88. The van der Waals surface area contributed by atoms with Gasteiger partial charge in [-0.1, -0.05) is 6.07 Å². The average molecular weight is 203 g/mol. The van der Waals surface area contributed by atoms with Crippen LogP contribution in [-0.2, 0) is 11.8 Å². The minimum Gasteiger partial charge on any atom is -0.490 e. The number of fused-ring (bicyclic) bond motifs is 1. The molecular weight excluding hydrogens is 190 g/mol. The summed E-state index contributed by atoms with van der Waals surface area (Å²) >= 11 is 0. The quantitative estimate of drug-likeness (QED) is 0.713. The third-order valence-electron chi connectivity index (χ3n) is 2.72. The molecule has 3 heteroatoms. The lowest BCUT2D eigenvalue weighted by Crippen LogP contribution is -2.04. The normalized spacial score (nSPS) is 19.4. The van der Waals surface area contributed by atoms with E-state index in [1.807, 2.05) is 25.4 Å². The van der Waals surface area contributed by atoms with E-state index in [1.165, 1.54) is 10.9 Å². The number of rotatable bonds is 3. The maximum absolute atomic E-state index is 5.72. The summed E-state index contributed by atoms with van der Waals surface area (Å²) in [5.74, 6) is 0.948. The molecule has 1 atom stereocenters. The first-order valence-corrected chi connectivity index (χ1v) is 5.13. The lowest BCUT2D eigenvalue weighted by atomic mass is 10.2. The van der Waals surface area contributed by atoms with Gasteiger partial charge in [0, 0.05) is 18.6 Å². The second kappa shape index (κ2) is 3.28. The second-order valence-electron chi connectivity index (χ2n) is 3.88. The first-order chi connectivity index (χ1) is 7.34. The summed E-state index contributed by atoms with van der Waals surface area (Å²) < 4.78 is 12.9. The van der Waals surface area contributed by atoms with E-state index in [4.69, 9.17) is 9.47 Å². The molecule has 78 valence electrons. The Labute approximate surface area is 88.2 Å². The number of nitrogens with zero attached hydrogens (tertiary/aromatic N) is 1. The Bertz CT molecular complexity index is 485. The summed E-state index contributed by atoms with van der Waals surface area (Å²) in [5.41, 5.74) is 1.20. The minimum atomic E-state index is 0.309. The Morgan fingerprint density at radius 2 is 2.33 bits per heavy atom. The molecule has 2 aromatic rings. The fraction of sp³-hybridized carbons (Fsp3) is 0.333. The molecule has 1 fully saturated rings. The smallest absolute Gasteiger partial charge is 0.128 e. The molecule has 0 spiro atoms. The Hall–Kier alpha value is -1.48. The number of hydrogen-bond donors (Lipinski definition) is 0. The summed E-state index contributed by atoms with van der Waals surface area (Å²) in [7, 11) is 2.04. The van der Waals surface area contributed by atoms with Crippen LogP contribution in [0.1, 0.15) is 0 Å². The van der Waals surface area contributed by atoms with Crippen LogP contribution in [-0.4, -0.2) is 23.9 Å². The van der Waals surface area contributed by atoms with E-state index in [0.717, 1.165) is 12.4 Å². The van der Waals surface area contributed by atoms with E-state index in [-0.39, 0.29) is 0 Å². The van der Waals surface area contributed by atoms with Crippen LogP contribution < -0.4 is 4.74 Å². The highest BCUT2D eigenvalue weighted by Gasteiger charge is 2.23. The van der Waals surface area contributed by atoms with Crippen LogP contribution in [0.2, 0.25) is 0 Å². The van der Waals surface area contributed by atoms with Crippen molar-refractivity contribution in [2.24, 2.45) is 7.05 Å². The van der Waals surface area contributed by atoms with Crippen LogP contribution in [0.25, 0.3) is 10.9 Å². The lowest BCUT2D eigenvalue weighted by molar-refractivity contribution is 0.265. The minimum absolute atomic E-state index is 0.309. The highest BCUT2D eigenvalue weighted by Crippen LogP contribution is 2.26. The molecule has 0 bridgehead atoms. The molecule has 1 aromatic heterocycles. The standard InChI is InChI=1S/C12H13NO2/c1-13-6-5-10-11(13)3-2-4-12(10)15-8-9-7-14-9/h2-6,9H,7-8H2,1H3. The van der Waals surface area contributed by atoms with Gasteiger partial charge in [-0.25, -0.2) is 0 Å². The van der Waals surface area contributed by atoms with Crippen LogP contribution in [0.15, 0.2) is 30.5 Å². The van der Waals surface area contributed by atoms with Crippen molar-refractivity contribution in [1.29, 1.82) is 0 Å². The maximum atomic E-state index is 5.72. The first kappa shape index (κ1) is 8.80. The molecular formula is C12H13NO2. The predicted octanol–water partition coefficient (Wildman–Crippen LogP) is 1.96. The Morgan fingerprint density at radius 1 is 1.47 bits per heavy atom. The molecule has 3 rings (SSSR count). The molecule has 2 heterocycles. The first-order valence-electron chi connectivity index (χ1n) is 5.13. The van der Waals surface area contributed by atoms with Gasteiger partial charge in [-0.3, -0.25) is 0 Å². The van der Waals surface area contributed by atoms with Crippen molar-refractivity contribution in [2.75, 3.05) is 13.2 Å². The third-order valence-corrected chi connectivity index (χ3v) is 2.72. The average Bonchev–Trinajstić information content (AvgIpc) is 3.01. The van der Waals surface area contributed by atoms with Crippen molar-refractivity contribution >= 4 is 10.9 Å². The number of aromatic nitrogens is 1. The van der Waals surface area contributed by atoms with Crippen molar-refractivity contribution in [1.82, 2.24) is 4.57 Å². The predicted molar refractivity (Wildman–Crippen MR) is 58.2 cm³/mol. The number of epoxide rings is 1. The molecule has 0 amide bonds. The van der Waals surface area contributed by atoms with Gasteiger partial charge in [0.2, 0.25) is 0 Å². The largest absolute Gasteiger partial charge is 0.490 e. The molecule has 0 N–H and O–H groups in total. The molecule has 0 saturated carbocycles. The van der Waals surface area contributed by atoms with Gasteiger partial charge >= 0.3 is 0 Å². The fourth-order valence-corrected chi connectivity index (χ4v) is 1.75. The van der Waals surface area contributed by atoms with Crippen molar-refractivity contribution in [3.63, 3.8) is 0 Å². The SMILES string of the molecule is Cn1ccc2c(OCC3CO3)cccc21. The van der Waals surface area contributed by atoms with Crippen LogP contribution >= 0.6 is 0 Å². The molecule has 1 saturated heterocycles. The van der Waals surface area contributed by atoms with E-state index in [9.17, 15) is 0 Å². The van der Waals surface area contributed by atoms with Crippen LogP contribution in [0.5, 0.6) is 5.75 Å². The molecule has 15 heavy (non-hydrogen) atoms. The molecule has 1 unspecified atom stereocenters. The summed E-state index contributed by atoms with van der Waals surface area (Å²) in [6, 6.07) is 8.20. The molecule has 1 aliphatic heterocycles. The molecule has 1 aromatic carbocycles. The van der Waals surface area contributed by atoms with Gasteiger partial charge < -0.3 is 14.0 Å². The maximum Gasteiger partial charge on any atom is 0.128 e. The fourth-order valence-electron chi connectivity index (χ4n) is 1.75. The van der Waals surface area contributed by atoms with Crippen LogP contribution in [0, 0.1) is 0 Å². The summed E-state index contributed by atoms with van der Waals surface area (Å²) in [6.07, 6.45) is 2.36. The van der Waals surface area contributed by atoms with E-state index >= 15 is 0 Å². The Kier molecular flexibility index (Phi) is 1.92. The van der Waals surface area contributed by atoms with E-state index in [0.29, 0.717) is 12.7 Å². The summed E-state index contributed by atoms with van der Waals surface area (Å²) in [4.78, 5) is 0. The molecule has 3 nitrogen and oxygen atoms in total. The summed E-state index contributed by atoms with van der Waals surface area (Å²) in [6.45, 7) is 1.50. The highest BCUT2D eigenvalue weighted by molar-refractivity contribution is 5.86. The number of benzene rings is 1. The van der Waals surface area contributed by atoms with Crippen molar-refractivity contribution in [3.05, 3.63) is 30.5 Å². The Balaban J connectivity index is 1.94. The van der Waals surface area contributed by atoms with Gasteiger partial charge in [-0.2, -0.15) is 0 Å².